The van der Waals surface area contributed by atoms with E-state index >= 15 is 0 Å². The lowest BCUT2D eigenvalue weighted by atomic mass is 10.1. The lowest BCUT2D eigenvalue weighted by Crippen LogP contribution is -2.37. The minimum Gasteiger partial charge on any atom is -0.480 e. The van der Waals surface area contributed by atoms with Crippen molar-refractivity contribution in [1.29, 1.82) is 0 Å². The van der Waals surface area contributed by atoms with Gasteiger partial charge in [-0.25, -0.2) is 8.42 Å². The number of aliphatic carboxylic acids is 1. The first kappa shape index (κ1) is 20.4. The number of piperidine rings is 1. The molecule has 0 unspecified atom stereocenters. The zero-order valence-corrected chi connectivity index (χ0v) is 16.1. The average Bonchev–Trinajstić information content (AvgIpc) is 2.61. The molecule has 1 saturated heterocycles. The monoisotopic (exact) mass is 382 g/mol. The summed E-state index contributed by atoms with van der Waals surface area (Å²) in [5.74, 6) is -1.57. The molecule has 7 nitrogen and oxygen atoms in total. The van der Waals surface area contributed by atoms with Gasteiger partial charge in [0.1, 0.15) is 6.54 Å². The highest BCUT2D eigenvalue weighted by atomic mass is 32.2. The molecule has 2 rings (SSSR count). The molecule has 0 aliphatic carbocycles. The van der Waals surface area contributed by atoms with Crippen LogP contribution in [0.1, 0.15) is 48.5 Å². The molecule has 0 aromatic heterocycles. The molecule has 144 valence electrons. The van der Waals surface area contributed by atoms with Gasteiger partial charge in [-0.05, 0) is 43.9 Å². The van der Waals surface area contributed by atoms with Crippen molar-refractivity contribution in [2.24, 2.45) is 0 Å². The van der Waals surface area contributed by atoms with Gasteiger partial charge < -0.3 is 10.0 Å². The molecule has 8 heteroatoms. The summed E-state index contributed by atoms with van der Waals surface area (Å²) in [4.78, 5) is 25.1. The SMILES string of the molecule is CCCN(CC(=O)O)C(=O)c1ccc(C)c(S(=O)(=O)N2CCCCC2)c1. The second kappa shape index (κ2) is 8.64. The molecular weight excluding hydrogens is 356 g/mol. The Labute approximate surface area is 154 Å². The van der Waals surface area contributed by atoms with Crippen LogP contribution in [0.2, 0.25) is 0 Å². The van der Waals surface area contributed by atoms with E-state index < -0.39 is 28.4 Å². The number of hydrogen-bond acceptors (Lipinski definition) is 4. The molecule has 1 aromatic carbocycles. The van der Waals surface area contributed by atoms with Gasteiger partial charge in [-0.2, -0.15) is 4.31 Å². The van der Waals surface area contributed by atoms with Gasteiger partial charge in [0.25, 0.3) is 5.91 Å². The molecule has 1 heterocycles. The maximum atomic E-state index is 13.0. The largest absolute Gasteiger partial charge is 0.480 e. The van der Waals surface area contributed by atoms with Crippen molar-refractivity contribution in [1.82, 2.24) is 9.21 Å². The van der Waals surface area contributed by atoms with Crippen LogP contribution >= 0.6 is 0 Å². The topological polar surface area (TPSA) is 95.0 Å². The summed E-state index contributed by atoms with van der Waals surface area (Å²) in [6.45, 7) is 4.42. The summed E-state index contributed by atoms with van der Waals surface area (Å²) in [6, 6.07) is 4.54. The third-order valence-corrected chi connectivity index (χ3v) is 6.52. The van der Waals surface area contributed by atoms with Gasteiger partial charge in [-0.1, -0.05) is 19.4 Å². The van der Waals surface area contributed by atoms with Crippen molar-refractivity contribution in [3.05, 3.63) is 29.3 Å². The number of carbonyl (C=O) groups excluding carboxylic acids is 1. The van der Waals surface area contributed by atoms with Crippen LogP contribution in [0.4, 0.5) is 0 Å². The van der Waals surface area contributed by atoms with Gasteiger partial charge >= 0.3 is 5.97 Å². The van der Waals surface area contributed by atoms with E-state index in [9.17, 15) is 18.0 Å². The molecule has 0 atom stereocenters. The van der Waals surface area contributed by atoms with E-state index in [4.69, 9.17) is 5.11 Å². The fraction of sp³-hybridized carbons (Fsp3) is 0.556. The van der Waals surface area contributed by atoms with E-state index in [0.29, 0.717) is 31.6 Å². The predicted molar refractivity (Wildman–Crippen MR) is 97.6 cm³/mol. The van der Waals surface area contributed by atoms with Gasteiger partial charge in [-0.15, -0.1) is 0 Å². The number of amides is 1. The summed E-state index contributed by atoms with van der Waals surface area (Å²) in [6.07, 6.45) is 3.30. The minimum absolute atomic E-state index is 0.122. The summed E-state index contributed by atoms with van der Waals surface area (Å²) in [5, 5.41) is 9.01. The Hall–Kier alpha value is -1.93. The Morgan fingerprint density at radius 3 is 2.42 bits per heavy atom. The van der Waals surface area contributed by atoms with Crippen molar-refractivity contribution in [3.8, 4) is 0 Å². The van der Waals surface area contributed by atoms with E-state index in [1.54, 1.807) is 19.1 Å². The van der Waals surface area contributed by atoms with Crippen molar-refractivity contribution in [2.45, 2.75) is 44.4 Å². The molecule has 0 bridgehead atoms. The summed E-state index contributed by atoms with van der Waals surface area (Å²) in [5.41, 5.74) is 0.772. The number of carboxylic acids is 1. The lowest BCUT2D eigenvalue weighted by molar-refractivity contribution is -0.137. The zero-order valence-electron chi connectivity index (χ0n) is 15.3. The fourth-order valence-corrected chi connectivity index (χ4v) is 4.89. The van der Waals surface area contributed by atoms with Gasteiger partial charge in [-0.3, -0.25) is 9.59 Å². The third-order valence-electron chi connectivity index (χ3n) is 4.47. The van der Waals surface area contributed by atoms with E-state index in [2.05, 4.69) is 0 Å². The Balaban J connectivity index is 2.36. The maximum absolute atomic E-state index is 13.0. The zero-order chi connectivity index (χ0) is 19.3. The highest BCUT2D eigenvalue weighted by Crippen LogP contribution is 2.25. The van der Waals surface area contributed by atoms with Crippen LogP contribution in [0.3, 0.4) is 0 Å². The van der Waals surface area contributed by atoms with Crippen LogP contribution in [-0.2, 0) is 14.8 Å². The van der Waals surface area contributed by atoms with Crippen LogP contribution < -0.4 is 0 Å². The Kier molecular flexibility index (Phi) is 6.77. The molecule has 1 aromatic rings. The molecule has 0 spiro atoms. The quantitative estimate of drug-likeness (QED) is 0.779. The predicted octanol–water partition coefficient (Wildman–Crippen LogP) is 2.11. The van der Waals surface area contributed by atoms with Gasteiger partial charge in [0.2, 0.25) is 10.0 Å². The molecule has 1 aliphatic rings. The number of aryl methyl sites for hydroxylation is 1. The number of rotatable bonds is 7. The molecule has 26 heavy (non-hydrogen) atoms. The van der Waals surface area contributed by atoms with E-state index in [1.807, 2.05) is 6.92 Å². The lowest BCUT2D eigenvalue weighted by Gasteiger charge is -2.27. The number of benzene rings is 1. The molecule has 1 amide bonds. The second-order valence-corrected chi connectivity index (χ2v) is 8.47. The molecule has 1 fully saturated rings. The van der Waals surface area contributed by atoms with Crippen LogP contribution in [0.5, 0.6) is 0 Å². The van der Waals surface area contributed by atoms with Crippen LogP contribution in [0.15, 0.2) is 23.1 Å². The number of nitrogens with zero attached hydrogens (tertiary/aromatic N) is 2. The van der Waals surface area contributed by atoms with E-state index in [-0.39, 0.29) is 10.5 Å². The third kappa shape index (κ3) is 4.62. The summed E-state index contributed by atoms with van der Waals surface area (Å²) in [7, 11) is -3.66. The molecule has 0 saturated carbocycles. The first-order chi connectivity index (χ1) is 12.3. The minimum atomic E-state index is -3.66. The normalized spacial score (nSPS) is 15.6. The first-order valence-electron chi connectivity index (χ1n) is 8.89. The number of hydrogen-bond donors (Lipinski definition) is 1. The fourth-order valence-electron chi connectivity index (χ4n) is 3.12. The van der Waals surface area contributed by atoms with E-state index in [1.165, 1.54) is 15.3 Å². The van der Waals surface area contributed by atoms with Gasteiger partial charge in [0, 0.05) is 25.2 Å². The molecule has 1 aliphatic heterocycles. The van der Waals surface area contributed by atoms with Crippen molar-refractivity contribution in [3.63, 3.8) is 0 Å². The molecule has 1 N–H and O–H groups in total. The van der Waals surface area contributed by atoms with Crippen molar-refractivity contribution >= 4 is 21.9 Å². The van der Waals surface area contributed by atoms with E-state index in [0.717, 1.165) is 19.3 Å². The Morgan fingerprint density at radius 1 is 1.19 bits per heavy atom. The maximum Gasteiger partial charge on any atom is 0.323 e. The second-order valence-electron chi connectivity index (χ2n) is 6.57. The summed E-state index contributed by atoms with van der Waals surface area (Å²) < 4.78 is 27.4. The highest BCUT2D eigenvalue weighted by molar-refractivity contribution is 7.89. The van der Waals surface area contributed by atoms with Crippen LogP contribution in [-0.4, -0.2) is 60.8 Å². The van der Waals surface area contributed by atoms with Crippen LogP contribution in [0.25, 0.3) is 0 Å². The number of carboxylic acid groups (broad SMARTS) is 1. The average molecular weight is 382 g/mol. The highest BCUT2D eigenvalue weighted by Gasteiger charge is 2.28. The summed E-state index contributed by atoms with van der Waals surface area (Å²) >= 11 is 0. The van der Waals surface area contributed by atoms with Crippen molar-refractivity contribution < 1.29 is 23.1 Å². The standard InChI is InChI=1S/C18H26N2O5S/c1-3-9-19(13-17(21)22)18(23)15-8-7-14(2)16(12-15)26(24,25)20-10-5-4-6-11-20/h7-8,12H,3-6,9-11,13H2,1-2H3,(H,21,22). The molecule has 0 radical (unpaired) electrons. The van der Waals surface area contributed by atoms with Gasteiger partial charge in [0.15, 0.2) is 0 Å². The smallest absolute Gasteiger partial charge is 0.323 e. The van der Waals surface area contributed by atoms with Gasteiger partial charge in [0.05, 0.1) is 4.90 Å². The number of carbonyl (C=O) groups is 2. The number of sulfonamides is 1. The Bertz CT molecular complexity index is 770. The first-order valence-corrected chi connectivity index (χ1v) is 10.3. The van der Waals surface area contributed by atoms with Crippen molar-refractivity contribution in [2.75, 3.05) is 26.2 Å². The van der Waals surface area contributed by atoms with Crippen LogP contribution in [0, 0.1) is 6.92 Å². The molecular formula is C18H26N2O5S. The Morgan fingerprint density at radius 2 is 1.85 bits per heavy atom.